The number of hydrogen-bond acceptors (Lipinski definition) is 2. The van der Waals surface area contributed by atoms with Crippen LogP contribution in [0, 0.1) is 0 Å². The van der Waals surface area contributed by atoms with Crippen molar-refractivity contribution >= 4 is 18.3 Å². The van der Waals surface area contributed by atoms with E-state index in [0.717, 1.165) is 0 Å². The summed E-state index contributed by atoms with van der Waals surface area (Å²) in [6.45, 7) is 4.63. The summed E-state index contributed by atoms with van der Waals surface area (Å²) in [6, 6.07) is 9.74. The Morgan fingerprint density at radius 1 is 1.35 bits per heavy atom. The van der Waals surface area contributed by atoms with E-state index in [0.29, 0.717) is 18.9 Å². The number of nitrogens with two attached hydrogens (primary N) is 1. The van der Waals surface area contributed by atoms with Gasteiger partial charge in [0.05, 0.1) is 6.04 Å². The van der Waals surface area contributed by atoms with Crippen LogP contribution in [-0.4, -0.2) is 18.5 Å². The predicted molar refractivity (Wildman–Crippen MR) is 73.4 cm³/mol. The minimum atomic E-state index is -0.386. The van der Waals surface area contributed by atoms with Crippen molar-refractivity contribution in [2.45, 2.75) is 32.2 Å². The largest absolute Gasteiger partial charge is 0.354 e. The molecule has 2 atom stereocenters. The van der Waals surface area contributed by atoms with Crippen LogP contribution < -0.4 is 11.1 Å². The maximum absolute atomic E-state index is 11.5. The van der Waals surface area contributed by atoms with Gasteiger partial charge in [0.15, 0.2) is 0 Å². The zero-order valence-corrected chi connectivity index (χ0v) is 11.2. The third kappa shape index (κ3) is 5.20. The van der Waals surface area contributed by atoms with Gasteiger partial charge in [0.25, 0.3) is 0 Å². The normalized spacial score (nSPS) is 13.4. The zero-order chi connectivity index (χ0) is 12.0. The molecule has 0 aliphatic carbocycles. The van der Waals surface area contributed by atoms with Crippen LogP contribution in [0.5, 0.6) is 0 Å². The quantitative estimate of drug-likeness (QED) is 0.847. The van der Waals surface area contributed by atoms with Crippen molar-refractivity contribution in [1.82, 2.24) is 5.32 Å². The molecule has 0 saturated heterocycles. The number of benzene rings is 1. The van der Waals surface area contributed by atoms with E-state index in [4.69, 9.17) is 5.73 Å². The minimum Gasteiger partial charge on any atom is -0.354 e. The van der Waals surface area contributed by atoms with Crippen molar-refractivity contribution in [3.63, 3.8) is 0 Å². The molecule has 1 unspecified atom stereocenters. The Hall–Kier alpha value is -1.06. The highest BCUT2D eigenvalue weighted by Gasteiger charge is 2.12. The lowest BCUT2D eigenvalue weighted by Gasteiger charge is -2.15. The van der Waals surface area contributed by atoms with Gasteiger partial charge in [-0.25, -0.2) is 0 Å². The van der Waals surface area contributed by atoms with Crippen LogP contribution in [0.3, 0.4) is 0 Å². The van der Waals surface area contributed by atoms with Crippen LogP contribution in [0.25, 0.3) is 0 Å². The molecule has 0 radical (unpaired) electrons. The summed E-state index contributed by atoms with van der Waals surface area (Å²) in [5, 5.41) is 2.87. The average molecular weight is 257 g/mol. The topological polar surface area (TPSA) is 55.1 Å². The number of rotatable bonds is 5. The summed E-state index contributed by atoms with van der Waals surface area (Å²) in [6.07, 6.45) is 0.672. The van der Waals surface area contributed by atoms with Gasteiger partial charge in [0.2, 0.25) is 5.91 Å². The van der Waals surface area contributed by atoms with E-state index in [1.54, 1.807) is 0 Å². The highest BCUT2D eigenvalue weighted by atomic mass is 35.5. The third-order valence-electron chi connectivity index (χ3n) is 2.73. The number of carbonyl (C=O) groups is 1. The SMILES string of the molecule is CC[C@H](N)C(=O)NCC(C)c1ccccc1.Cl. The fraction of sp³-hybridized carbons (Fsp3) is 0.462. The lowest BCUT2D eigenvalue weighted by Crippen LogP contribution is -2.41. The number of halogens is 1. The lowest BCUT2D eigenvalue weighted by molar-refractivity contribution is -0.122. The van der Waals surface area contributed by atoms with Crippen molar-refractivity contribution in [3.8, 4) is 0 Å². The van der Waals surface area contributed by atoms with Gasteiger partial charge in [-0.15, -0.1) is 12.4 Å². The van der Waals surface area contributed by atoms with Crippen molar-refractivity contribution in [1.29, 1.82) is 0 Å². The van der Waals surface area contributed by atoms with Crippen LogP contribution in [0.2, 0.25) is 0 Å². The Kier molecular flexibility index (Phi) is 7.59. The first-order valence-corrected chi connectivity index (χ1v) is 5.73. The second-order valence-electron chi connectivity index (χ2n) is 4.07. The van der Waals surface area contributed by atoms with Crippen LogP contribution in [0.4, 0.5) is 0 Å². The standard InChI is InChI=1S/C13H20N2O.ClH/c1-3-12(14)13(16)15-9-10(2)11-7-5-4-6-8-11;/h4-8,10,12H,3,9,14H2,1-2H3,(H,15,16);1H/t10?,12-;/m0./s1. The molecule has 1 rings (SSSR count). The summed E-state index contributed by atoms with van der Waals surface area (Å²) in [4.78, 5) is 11.5. The van der Waals surface area contributed by atoms with Crippen LogP contribution in [0.1, 0.15) is 31.7 Å². The van der Waals surface area contributed by atoms with Crippen molar-refractivity contribution in [2.24, 2.45) is 5.73 Å². The second kappa shape index (κ2) is 8.09. The Morgan fingerprint density at radius 2 is 1.94 bits per heavy atom. The molecule has 0 aromatic heterocycles. The minimum absolute atomic E-state index is 0. The molecule has 1 amide bonds. The average Bonchev–Trinajstić information content (AvgIpc) is 2.35. The van der Waals surface area contributed by atoms with Crippen molar-refractivity contribution in [2.75, 3.05) is 6.54 Å². The number of hydrogen-bond donors (Lipinski definition) is 2. The van der Waals surface area contributed by atoms with Gasteiger partial charge in [-0.3, -0.25) is 4.79 Å². The molecule has 0 spiro atoms. The second-order valence-corrected chi connectivity index (χ2v) is 4.07. The van der Waals surface area contributed by atoms with Crippen molar-refractivity contribution < 1.29 is 4.79 Å². The number of nitrogens with one attached hydrogen (secondary N) is 1. The van der Waals surface area contributed by atoms with Gasteiger partial charge < -0.3 is 11.1 Å². The molecule has 0 aliphatic rings. The molecule has 0 fully saturated rings. The summed E-state index contributed by atoms with van der Waals surface area (Å²) >= 11 is 0. The molecule has 0 bridgehead atoms. The molecule has 3 N–H and O–H groups in total. The maximum atomic E-state index is 11.5. The molecule has 0 heterocycles. The van der Waals surface area contributed by atoms with E-state index in [2.05, 4.69) is 24.4 Å². The molecule has 4 heteroatoms. The lowest BCUT2D eigenvalue weighted by atomic mass is 10.0. The predicted octanol–water partition coefficient (Wildman–Crippen LogP) is 2.07. The fourth-order valence-corrected chi connectivity index (χ4v) is 1.47. The molecule has 3 nitrogen and oxygen atoms in total. The number of amides is 1. The van der Waals surface area contributed by atoms with E-state index in [1.807, 2.05) is 25.1 Å². The van der Waals surface area contributed by atoms with Gasteiger partial charge in [-0.05, 0) is 17.9 Å². The van der Waals surface area contributed by atoms with Crippen LogP contribution in [-0.2, 0) is 4.79 Å². The van der Waals surface area contributed by atoms with Gasteiger partial charge in [-0.1, -0.05) is 44.2 Å². The molecular formula is C13H21ClN2O. The van der Waals surface area contributed by atoms with E-state index >= 15 is 0 Å². The smallest absolute Gasteiger partial charge is 0.236 e. The molecular weight excluding hydrogens is 236 g/mol. The summed E-state index contributed by atoms with van der Waals surface area (Å²) in [5.74, 6) is 0.250. The Morgan fingerprint density at radius 3 is 2.47 bits per heavy atom. The van der Waals surface area contributed by atoms with Gasteiger partial charge in [-0.2, -0.15) is 0 Å². The Labute approximate surface area is 109 Å². The Balaban J connectivity index is 0.00000256. The first kappa shape index (κ1) is 15.9. The molecule has 0 saturated carbocycles. The first-order chi connectivity index (χ1) is 7.65. The molecule has 1 aromatic carbocycles. The summed E-state index contributed by atoms with van der Waals surface area (Å²) in [5.41, 5.74) is 6.86. The van der Waals surface area contributed by atoms with Crippen LogP contribution in [0.15, 0.2) is 30.3 Å². The Bertz CT molecular complexity index is 329. The van der Waals surface area contributed by atoms with Gasteiger partial charge in [0, 0.05) is 6.54 Å². The van der Waals surface area contributed by atoms with Gasteiger partial charge >= 0.3 is 0 Å². The molecule has 17 heavy (non-hydrogen) atoms. The fourth-order valence-electron chi connectivity index (χ4n) is 1.47. The highest BCUT2D eigenvalue weighted by Crippen LogP contribution is 2.12. The molecule has 0 aliphatic heterocycles. The summed E-state index contributed by atoms with van der Waals surface area (Å²) < 4.78 is 0. The number of carbonyl (C=O) groups excluding carboxylic acids is 1. The molecule has 96 valence electrons. The van der Waals surface area contributed by atoms with E-state index in [9.17, 15) is 4.79 Å². The molecule has 1 aromatic rings. The van der Waals surface area contributed by atoms with E-state index in [-0.39, 0.29) is 24.4 Å². The van der Waals surface area contributed by atoms with E-state index in [1.165, 1.54) is 5.56 Å². The van der Waals surface area contributed by atoms with Gasteiger partial charge in [0.1, 0.15) is 0 Å². The van der Waals surface area contributed by atoms with Crippen LogP contribution >= 0.6 is 12.4 Å². The van der Waals surface area contributed by atoms with E-state index < -0.39 is 0 Å². The zero-order valence-electron chi connectivity index (χ0n) is 10.3. The summed E-state index contributed by atoms with van der Waals surface area (Å²) in [7, 11) is 0. The van der Waals surface area contributed by atoms with Crippen molar-refractivity contribution in [3.05, 3.63) is 35.9 Å². The maximum Gasteiger partial charge on any atom is 0.236 e. The first-order valence-electron chi connectivity index (χ1n) is 5.73. The highest BCUT2D eigenvalue weighted by molar-refractivity contribution is 5.85. The third-order valence-corrected chi connectivity index (χ3v) is 2.73. The monoisotopic (exact) mass is 256 g/mol.